The highest BCUT2D eigenvalue weighted by Gasteiger charge is 2.15. The molecule has 0 fully saturated rings. The number of carbonyl (C=O) groups excluding carboxylic acids is 1. The van der Waals surface area contributed by atoms with Crippen LogP contribution in [0, 0.1) is 6.92 Å². The zero-order valence-corrected chi connectivity index (χ0v) is 15.3. The van der Waals surface area contributed by atoms with Crippen LogP contribution in [-0.2, 0) is 6.54 Å². The Labute approximate surface area is 157 Å². The monoisotopic (exact) mass is 356 g/mol. The third-order valence-electron chi connectivity index (χ3n) is 4.57. The molecule has 0 spiro atoms. The van der Waals surface area contributed by atoms with Gasteiger partial charge in [0.25, 0.3) is 5.91 Å². The second-order valence-corrected chi connectivity index (χ2v) is 6.56. The number of amides is 1. The number of hydrogen-bond acceptors (Lipinski definition) is 3. The van der Waals surface area contributed by atoms with E-state index in [0.717, 1.165) is 28.1 Å². The molecule has 0 aliphatic rings. The molecule has 0 atom stereocenters. The Bertz CT molecular complexity index is 1090. The number of aryl methyl sites for hydroxylation is 1. The van der Waals surface area contributed by atoms with Gasteiger partial charge in [-0.05, 0) is 48.9 Å². The summed E-state index contributed by atoms with van der Waals surface area (Å²) in [6, 6.07) is 19.6. The Morgan fingerprint density at radius 2 is 1.89 bits per heavy atom. The molecule has 2 aromatic carbocycles. The second kappa shape index (κ2) is 7.03. The molecular formula is C22H20N4O. The van der Waals surface area contributed by atoms with E-state index >= 15 is 0 Å². The zero-order chi connectivity index (χ0) is 18.8. The molecule has 2 heterocycles. The first-order valence-corrected chi connectivity index (χ1v) is 8.82. The molecule has 5 nitrogen and oxygen atoms in total. The van der Waals surface area contributed by atoms with Crippen molar-refractivity contribution in [1.82, 2.24) is 19.4 Å². The Morgan fingerprint density at radius 1 is 1.07 bits per heavy atom. The molecule has 4 rings (SSSR count). The van der Waals surface area contributed by atoms with Crippen LogP contribution in [0.2, 0.25) is 0 Å². The lowest BCUT2D eigenvalue weighted by molar-refractivity contribution is 0.0785. The van der Waals surface area contributed by atoms with E-state index in [4.69, 9.17) is 0 Å². The minimum atomic E-state index is -0.0346. The standard InChI is InChI=1S/C22H20N4O/c1-16-24-20-13-18(22(27)25(2)15-17-7-6-12-23-14-17)10-11-21(20)26(16)19-8-4-3-5-9-19/h3-14H,15H2,1-2H3. The lowest BCUT2D eigenvalue weighted by Crippen LogP contribution is -2.26. The molecule has 0 saturated carbocycles. The van der Waals surface area contributed by atoms with Gasteiger partial charge in [-0.15, -0.1) is 0 Å². The van der Waals surface area contributed by atoms with Crippen LogP contribution in [0.25, 0.3) is 16.7 Å². The van der Waals surface area contributed by atoms with E-state index in [1.54, 1.807) is 24.3 Å². The summed E-state index contributed by atoms with van der Waals surface area (Å²) in [4.78, 5) is 23.3. The van der Waals surface area contributed by atoms with Gasteiger partial charge in [0, 0.05) is 37.2 Å². The summed E-state index contributed by atoms with van der Waals surface area (Å²) < 4.78 is 2.10. The number of para-hydroxylation sites is 1. The number of pyridine rings is 1. The molecule has 0 radical (unpaired) electrons. The predicted octanol–water partition coefficient (Wildman–Crippen LogP) is 4.00. The molecule has 0 saturated heterocycles. The normalized spacial score (nSPS) is 10.9. The number of hydrogen-bond donors (Lipinski definition) is 0. The van der Waals surface area contributed by atoms with Gasteiger partial charge in [0.1, 0.15) is 5.82 Å². The van der Waals surface area contributed by atoms with Crippen molar-refractivity contribution in [2.45, 2.75) is 13.5 Å². The highest BCUT2D eigenvalue weighted by molar-refractivity contribution is 5.97. The van der Waals surface area contributed by atoms with Crippen LogP contribution in [0.4, 0.5) is 0 Å². The molecule has 27 heavy (non-hydrogen) atoms. The van der Waals surface area contributed by atoms with E-state index in [0.29, 0.717) is 12.1 Å². The zero-order valence-electron chi connectivity index (χ0n) is 15.3. The molecule has 0 N–H and O–H groups in total. The average molecular weight is 356 g/mol. The van der Waals surface area contributed by atoms with Crippen LogP contribution in [0.5, 0.6) is 0 Å². The minimum Gasteiger partial charge on any atom is -0.337 e. The van der Waals surface area contributed by atoms with Crippen molar-refractivity contribution >= 4 is 16.9 Å². The summed E-state index contributed by atoms with van der Waals surface area (Å²) in [7, 11) is 1.80. The maximum atomic E-state index is 12.8. The van der Waals surface area contributed by atoms with Gasteiger partial charge in [-0.25, -0.2) is 4.98 Å². The molecule has 1 amide bonds. The first-order valence-electron chi connectivity index (χ1n) is 8.82. The number of aromatic nitrogens is 3. The largest absolute Gasteiger partial charge is 0.337 e. The fourth-order valence-electron chi connectivity index (χ4n) is 3.29. The van der Waals surface area contributed by atoms with Crippen molar-refractivity contribution in [3.63, 3.8) is 0 Å². The molecule has 0 aliphatic carbocycles. The highest BCUT2D eigenvalue weighted by Crippen LogP contribution is 2.23. The highest BCUT2D eigenvalue weighted by atomic mass is 16.2. The summed E-state index contributed by atoms with van der Waals surface area (Å²) >= 11 is 0. The predicted molar refractivity (Wildman–Crippen MR) is 106 cm³/mol. The lowest BCUT2D eigenvalue weighted by Gasteiger charge is -2.17. The van der Waals surface area contributed by atoms with Gasteiger partial charge in [0.2, 0.25) is 0 Å². The van der Waals surface area contributed by atoms with Gasteiger partial charge in [0.05, 0.1) is 11.0 Å². The molecule has 134 valence electrons. The van der Waals surface area contributed by atoms with Crippen molar-refractivity contribution in [3.05, 3.63) is 90.0 Å². The number of nitrogens with zero attached hydrogens (tertiary/aromatic N) is 4. The molecule has 0 unspecified atom stereocenters. The Hall–Kier alpha value is -3.47. The quantitative estimate of drug-likeness (QED) is 0.555. The van der Waals surface area contributed by atoms with Crippen molar-refractivity contribution in [1.29, 1.82) is 0 Å². The average Bonchev–Trinajstić information content (AvgIpc) is 3.03. The van der Waals surface area contributed by atoms with Crippen LogP contribution in [0.15, 0.2) is 73.1 Å². The van der Waals surface area contributed by atoms with Crippen molar-refractivity contribution in [2.75, 3.05) is 7.05 Å². The van der Waals surface area contributed by atoms with Gasteiger partial charge in [-0.3, -0.25) is 14.3 Å². The van der Waals surface area contributed by atoms with Crippen molar-refractivity contribution in [3.8, 4) is 5.69 Å². The first kappa shape index (κ1) is 17.0. The third kappa shape index (κ3) is 3.31. The van der Waals surface area contributed by atoms with E-state index in [-0.39, 0.29) is 5.91 Å². The summed E-state index contributed by atoms with van der Waals surface area (Å²) in [6.45, 7) is 2.49. The molecule has 4 aromatic rings. The summed E-state index contributed by atoms with van der Waals surface area (Å²) in [5, 5.41) is 0. The fraction of sp³-hybridized carbons (Fsp3) is 0.136. The number of rotatable bonds is 4. The van der Waals surface area contributed by atoms with Crippen LogP contribution in [-0.4, -0.2) is 32.4 Å². The van der Waals surface area contributed by atoms with E-state index in [1.165, 1.54) is 0 Å². The van der Waals surface area contributed by atoms with Gasteiger partial charge >= 0.3 is 0 Å². The number of benzene rings is 2. The second-order valence-electron chi connectivity index (χ2n) is 6.56. The number of imidazole rings is 1. The smallest absolute Gasteiger partial charge is 0.253 e. The van der Waals surface area contributed by atoms with Crippen LogP contribution < -0.4 is 0 Å². The Balaban J connectivity index is 1.65. The van der Waals surface area contributed by atoms with Gasteiger partial charge in [-0.1, -0.05) is 24.3 Å². The Morgan fingerprint density at radius 3 is 2.63 bits per heavy atom. The van der Waals surface area contributed by atoms with Gasteiger partial charge in [0.15, 0.2) is 0 Å². The van der Waals surface area contributed by atoms with Crippen molar-refractivity contribution < 1.29 is 4.79 Å². The van der Waals surface area contributed by atoms with Gasteiger partial charge in [-0.2, -0.15) is 0 Å². The third-order valence-corrected chi connectivity index (χ3v) is 4.57. The van der Waals surface area contributed by atoms with E-state index < -0.39 is 0 Å². The maximum absolute atomic E-state index is 12.8. The molecule has 0 bridgehead atoms. The summed E-state index contributed by atoms with van der Waals surface area (Å²) in [6.07, 6.45) is 3.50. The number of carbonyl (C=O) groups is 1. The SMILES string of the molecule is Cc1nc2cc(C(=O)N(C)Cc3cccnc3)ccc2n1-c1ccccc1. The number of fused-ring (bicyclic) bond motifs is 1. The van der Waals surface area contributed by atoms with Crippen LogP contribution >= 0.6 is 0 Å². The molecule has 5 heteroatoms. The molecular weight excluding hydrogens is 336 g/mol. The van der Waals surface area contributed by atoms with Gasteiger partial charge < -0.3 is 4.90 Å². The summed E-state index contributed by atoms with van der Waals surface area (Å²) in [5.74, 6) is 0.859. The minimum absolute atomic E-state index is 0.0346. The topological polar surface area (TPSA) is 51.0 Å². The van der Waals surface area contributed by atoms with Crippen molar-refractivity contribution in [2.24, 2.45) is 0 Å². The first-order chi connectivity index (χ1) is 13.1. The molecule has 2 aromatic heterocycles. The van der Waals surface area contributed by atoms with E-state index in [1.807, 2.05) is 55.5 Å². The Kier molecular flexibility index (Phi) is 4.42. The van der Waals surface area contributed by atoms with E-state index in [2.05, 4.69) is 26.7 Å². The molecule has 0 aliphatic heterocycles. The maximum Gasteiger partial charge on any atom is 0.253 e. The fourth-order valence-corrected chi connectivity index (χ4v) is 3.29. The lowest BCUT2D eigenvalue weighted by atomic mass is 10.1. The summed E-state index contributed by atoms with van der Waals surface area (Å²) in [5.41, 5.74) is 4.50. The van der Waals surface area contributed by atoms with Crippen LogP contribution in [0.1, 0.15) is 21.7 Å². The van der Waals surface area contributed by atoms with Crippen LogP contribution in [0.3, 0.4) is 0 Å². The van der Waals surface area contributed by atoms with E-state index in [9.17, 15) is 4.79 Å².